The predicted molar refractivity (Wildman–Crippen MR) is 219 cm³/mol. The Hall–Kier alpha value is -6.42. The Bertz CT molecular complexity index is 2720. The van der Waals surface area contributed by atoms with Crippen molar-refractivity contribution in [3.8, 4) is 11.4 Å². The summed E-state index contributed by atoms with van der Waals surface area (Å²) in [5, 5.41) is 10.6. The van der Waals surface area contributed by atoms with Crippen molar-refractivity contribution in [1.82, 2.24) is 9.13 Å². The molecule has 2 nitrogen and oxygen atoms in total. The van der Waals surface area contributed by atoms with Crippen molar-refractivity contribution in [2.45, 2.75) is 0 Å². The van der Waals surface area contributed by atoms with Gasteiger partial charge in [-0.2, -0.15) is 0 Å². The molecule has 0 amide bonds. The molecule has 10 rings (SSSR count). The predicted octanol–water partition coefficient (Wildman–Crippen LogP) is 9.26. The molecular formula is C48H34N2Si. The van der Waals surface area contributed by atoms with Crippen LogP contribution in [0.1, 0.15) is 0 Å². The molecule has 0 aliphatic heterocycles. The minimum Gasteiger partial charge on any atom is -0.309 e. The van der Waals surface area contributed by atoms with Crippen LogP contribution in [0.15, 0.2) is 206 Å². The second-order valence-electron chi connectivity index (χ2n) is 13.3. The van der Waals surface area contributed by atoms with E-state index in [2.05, 4.69) is 215 Å². The van der Waals surface area contributed by atoms with Gasteiger partial charge in [-0.25, -0.2) is 0 Å². The molecule has 0 saturated heterocycles. The zero-order valence-electron chi connectivity index (χ0n) is 28.0. The normalized spacial score (nSPS) is 11.9. The fraction of sp³-hybridized carbons (Fsp3) is 0. The molecule has 0 saturated carbocycles. The van der Waals surface area contributed by atoms with Crippen LogP contribution in [0.5, 0.6) is 0 Å². The molecule has 3 heteroatoms. The molecule has 10 aromatic rings. The lowest BCUT2D eigenvalue weighted by molar-refractivity contribution is 1.17. The number of fused-ring (bicyclic) bond motifs is 7. The minimum atomic E-state index is -2.63. The lowest BCUT2D eigenvalue weighted by Gasteiger charge is -2.34. The van der Waals surface area contributed by atoms with Gasteiger partial charge in [0.2, 0.25) is 0 Å². The summed E-state index contributed by atoms with van der Waals surface area (Å²) in [5.74, 6) is 0. The number of hydrogen-bond acceptors (Lipinski definition) is 0. The fourth-order valence-electron chi connectivity index (χ4n) is 8.56. The summed E-state index contributed by atoms with van der Waals surface area (Å²) >= 11 is 0. The molecule has 8 aromatic carbocycles. The molecule has 0 fully saturated rings. The average Bonchev–Trinajstić information content (AvgIpc) is 3.73. The van der Waals surface area contributed by atoms with E-state index in [0.29, 0.717) is 0 Å². The Morgan fingerprint density at radius 1 is 0.275 bits per heavy atom. The van der Waals surface area contributed by atoms with E-state index in [0.717, 1.165) is 5.69 Å². The van der Waals surface area contributed by atoms with Crippen molar-refractivity contribution in [2.75, 3.05) is 0 Å². The van der Waals surface area contributed by atoms with Gasteiger partial charge in [-0.05, 0) is 63.2 Å². The Labute approximate surface area is 298 Å². The topological polar surface area (TPSA) is 9.86 Å². The summed E-state index contributed by atoms with van der Waals surface area (Å²) in [6.45, 7) is 0. The number of hydrogen-bond donors (Lipinski definition) is 0. The molecule has 0 atom stereocenters. The van der Waals surface area contributed by atoms with Gasteiger partial charge in [-0.15, -0.1) is 0 Å². The molecule has 0 aliphatic carbocycles. The highest BCUT2D eigenvalue weighted by Gasteiger charge is 2.41. The first-order chi connectivity index (χ1) is 25.3. The first kappa shape index (κ1) is 29.5. The van der Waals surface area contributed by atoms with Gasteiger partial charge in [0.1, 0.15) is 0 Å². The molecule has 2 heterocycles. The van der Waals surface area contributed by atoms with Crippen molar-refractivity contribution in [1.29, 1.82) is 0 Å². The number of nitrogens with zero attached hydrogens (tertiary/aromatic N) is 2. The molecule has 0 spiro atoms. The van der Waals surface area contributed by atoms with Gasteiger partial charge in [0, 0.05) is 32.9 Å². The van der Waals surface area contributed by atoms with E-state index < -0.39 is 8.07 Å². The van der Waals surface area contributed by atoms with Crippen LogP contribution >= 0.6 is 0 Å². The van der Waals surface area contributed by atoms with Crippen LogP contribution in [0.4, 0.5) is 0 Å². The maximum absolute atomic E-state index is 2.63. The van der Waals surface area contributed by atoms with Crippen LogP contribution in [-0.4, -0.2) is 17.2 Å². The smallest absolute Gasteiger partial charge is 0.179 e. The van der Waals surface area contributed by atoms with Crippen LogP contribution in [0.3, 0.4) is 0 Å². The second kappa shape index (κ2) is 11.9. The Morgan fingerprint density at radius 2 is 0.706 bits per heavy atom. The van der Waals surface area contributed by atoms with Crippen LogP contribution in [0, 0.1) is 0 Å². The van der Waals surface area contributed by atoms with E-state index in [1.807, 2.05) is 0 Å². The molecular weight excluding hydrogens is 633 g/mol. The minimum absolute atomic E-state index is 1.16. The van der Waals surface area contributed by atoms with Gasteiger partial charge in [-0.1, -0.05) is 164 Å². The molecule has 0 radical (unpaired) electrons. The summed E-state index contributed by atoms with van der Waals surface area (Å²) in [6.07, 6.45) is 0. The maximum atomic E-state index is 2.46. The summed E-state index contributed by atoms with van der Waals surface area (Å²) in [5.41, 5.74) is 7.20. The number of aromatic nitrogens is 2. The van der Waals surface area contributed by atoms with Gasteiger partial charge in [0.25, 0.3) is 0 Å². The third-order valence-corrected chi connectivity index (χ3v) is 15.5. The van der Waals surface area contributed by atoms with Gasteiger partial charge in [0.15, 0.2) is 8.07 Å². The quantitative estimate of drug-likeness (QED) is 0.124. The van der Waals surface area contributed by atoms with Gasteiger partial charge in [0.05, 0.1) is 22.1 Å². The average molecular weight is 667 g/mol. The molecule has 240 valence electrons. The van der Waals surface area contributed by atoms with Crippen LogP contribution < -0.4 is 20.7 Å². The van der Waals surface area contributed by atoms with Crippen molar-refractivity contribution >= 4 is 72.4 Å². The molecule has 2 aromatic heterocycles. The number of benzene rings is 8. The fourth-order valence-corrected chi connectivity index (χ4v) is 13.3. The zero-order valence-corrected chi connectivity index (χ0v) is 29.0. The highest BCUT2D eigenvalue weighted by atomic mass is 28.3. The Morgan fingerprint density at radius 3 is 1.27 bits per heavy atom. The summed E-state index contributed by atoms with van der Waals surface area (Å²) in [4.78, 5) is 0. The largest absolute Gasteiger partial charge is 0.309 e. The van der Waals surface area contributed by atoms with E-state index in [9.17, 15) is 0 Å². The highest BCUT2D eigenvalue weighted by Crippen LogP contribution is 2.41. The van der Waals surface area contributed by atoms with E-state index >= 15 is 0 Å². The number of rotatable bonds is 6. The summed E-state index contributed by atoms with van der Waals surface area (Å²) in [7, 11) is -2.63. The second-order valence-corrected chi connectivity index (χ2v) is 17.1. The third-order valence-electron chi connectivity index (χ3n) is 10.7. The zero-order chi connectivity index (χ0) is 33.8. The van der Waals surface area contributed by atoms with E-state index in [4.69, 9.17) is 0 Å². The van der Waals surface area contributed by atoms with Crippen LogP contribution in [0.25, 0.3) is 55.0 Å². The molecule has 0 aliphatic rings. The first-order valence-corrected chi connectivity index (χ1v) is 19.6. The summed E-state index contributed by atoms with van der Waals surface area (Å²) < 4.78 is 4.91. The summed E-state index contributed by atoms with van der Waals surface area (Å²) in [6, 6.07) is 76.0. The third kappa shape index (κ3) is 4.42. The van der Waals surface area contributed by atoms with Gasteiger partial charge in [-0.3, -0.25) is 0 Å². The van der Waals surface area contributed by atoms with Crippen molar-refractivity contribution in [3.63, 3.8) is 0 Å². The van der Waals surface area contributed by atoms with Gasteiger partial charge >= 0.3 is 0 Å². The highest BCUT2D eigenvalue weighted by molar-refractivity contribution is 7.19. The monoisotopic (exact) mass is 666 g/mol. The molecule has 0 bridgehead atoms. The lowest BCUT2D eigenvalue weighted by atomic mass is 10.1. The lowest BCUT2D eigenvalue weighted by Crippen LogP contribution is -2.74. The SMILES string of the molecule is c1ccc(-n2c3ccccc3c3ccc4c(c5ccccc5n4-c4ccc([Si](c5ccccc5)(c5ccccc5)c5ccccc5)cc4)c32)cc1. The molecule has 0 unspecified atom stereocenters. The van der Waals surface area contributed by atoms with E-state index in [-0.39, 0.29) is 0 Å². The standard InChI is InChI=1S/C48H34N2Si/c1-5-17-35(18-6-1)50-44-27-15-13-25-41(44)42-33-34-46-47(48(42)50)43-26-14-16-28-45(43)49(46)36-29-31-40(32-30-36)51(37-19-7-2-8-20-37,38-21-9-3-10-22-38)39-23-11-4-12-24-39/h1-34H. The molecule has 51 heavy (non-hydrogen) atoms. The van der Waals surface area contributed by atoms with Gasteiger partial charge < -0.3 is 9.13 Å². The van der Waals surface area contributed by atoms with Crippen molar-refractivity contribution in [3.05, 3.63) is 206 Å². The Balaban J connectivity index is 1.25. The first-order valence-electron chi connectivity index (χ1n) is 17.6. The number of para-hydroxylation sites is 3. The van der Waals surface area contributed by atoms with Crippen LogP contribution in [0.2, 0.25) is 0 Å². The van der Waals surface area contributed by atoms with E-state index in [1.54, 1.807) is 0 Å². The van der Waals surface area contributed by atoms with Crippen molar-refractivity contribution < 1.29 is 0 Å². The molecule has 0 N–H and O–H groups in total. The maximum Gasteiger partial charge on any atom is 0.179 e. The Kier molecular flexibility index (Phi) is 6.86. The van der Waals surface area contributed by atoms with Crippen LogP contribution in [-0.2, 0) is 0 Å². The van der Waals surface area contributed by atoms with E-state index in [1.165, 1.54) is 70.0 Å². The van der Waals surface area contributed by atoms with Crippen molar-refractivity contribution in [2.24, 2.45) is 0 Å².